The highest BCUT2D eigenvalue weighted by atomic mass is 35.5. The minimum Gasteiger partial charge on any atom is -0.383 e. The molecule has 0 saturated carbocycles. The van der Waals surface area contributed by atoms with E-state index < -0.39 is 0 Å². The molecule has 3 aromatic rings. The number of benzene rings is 2. The van der Waals surface area contributed by atoms with Crippen molar-refractivity contribution < 1.29 is 0 Å². The van der Waals surface area contributed by atoms with E-state index in [9.17, 15) is 5.26 Å². The van der Waals surface area contributed by atoms with Gasteiger partial charge < -0.3 is 10.6 Å². The first-order valence-electron chi connectivity index (χ1n) is 8.82. The Bertz CT molecular complexity index is 1020. The smallest absolute Gasteiger partial charge is 0.145 e. The molecular formula is C20H19ClN6. The van der Waals surface area contributed by atoms with E-state index in [0.717, 1.165) is 48.6 Å². The summed E-state index contributed by atoms with van der Waals surface area (Å²) in [7, 11) is 0. The zero-order valence-corrected chi connectivity index (χ0v) is 15.5. The van der Waals surface area contributed by atoms with Gasteiger partial charge in [0.25, 0.3) is 0 Å². The zero-order valence-electron chi connectivity index (χ0n) is 14.8. The monoisotopic (exact) mass is 378 g/mol. The van der Waals surface area contributed by atoms with Crippen LogP contribution in [0.1, 0.15) is 11.4 Å². The topological polar surface area (TPSA) is 82.1 Å². The fraction of sp³-hybridized carbons (Fsp3) is 0.250. The Kier molecular flexibility index (Phi) is 4.80. The van der Waals surface area contributed by atoms with Crippen molar-refractivity contribution in [3.63, 3.8) is 0 Å². The molecule has 2 aromatic carbocycles. The van der Waals surface area contributed by atoms with Crippen LogP contribution < -0.4 is 10.6 Å². The fourth-order valence-corrected chi connectivity index (χ4v) is 3.60. The van der Waals surface area contributed by atoms with E-state index in [1.165, 1.54) is 0 Å². The van der Waals surface area contributed by atoms with E-state index in [1.54, 1.807) is 12.1 Å². The quantitative estimate of drug-likeness (QED) is 0.754. The molecule has 0 bridgehead atoms. The summed E-state index contributed by atoms with van der Waals surface area (Å²) in [4.78, 5) is 13.6. The summed E-state index contributed by atoms with van der Waals surface area (Å²) in [6.45, 7) is 4.00. The molecule has 0 spiro atoms. The fourth-order valence-electron chi connectivity index (χ4n) is 3.43. The predicted octanol–water partition coefficient (Wildman–Crippen LogP) is 3.06. The minimum atomic E-state index is 0.520. The summed E-state index contributed by atoms with van der Waals surface area (Å²) in [5.74, 6) is 1.26. The molecule has 0 aliphatic carbocycles. The van der Waals surface area contributed by atoms with Gasteiger partial charge in [-0.15, -0.1) is 0 Å². The average Bonchev–Trinajstić information content (AvgIpc) is 2.69. The number of aromatic nitrogens is 2. The molecule has 1 saturated heterocycles. The zero-order chi connectivity index (χ0) is 18.8. The van der Waals surface area contributed by atoms with Gasteiger partial charge in [-0.3, -0.25) is 4.90 Å². The third-order valence-corrected chi connectivity index (χ3v) is 5.07. The van der Waals surface area contributed by atoms with Gasteiger partial charge in [0.1, 0.15) is 17.7 Å². The third-order valence-electron chi connectivity index (χ3n) is 4.84. The summed E-state index contributed by atoms with van der Waals surface area (Å²) in [5, 5.41) is 10.9. The second-order valence-corrected chi connectivity index (χ2v) is 7.02. The van der Waals surface area contributed by atoms with Crippen molar-refractivity contribution in [3.05, 3.63) is 58.9 Å². The molecule has 4 rings (SSSR count). The molecule has 1 aliphatic heterocycles. The van der Waals surface area contributed by atoms with Gasteiger partial charge in [0.15, 0.2) is 0 Å². The molecule has 1 fully saturated rings. The van der Waals surface area contributed by atoms with E-state index in [1.807, 2.05) is 30.3 Å². The van der Waals surface area contributed by atoms with Crippen LogP contribution in [0.15, 0.2) is 42.5 Å². The highest BCUT2D eigenvalue weighted by Gasteiger charge is 2.20. The molecule has 136 valence electrons. The Morgan fingerprint density at radius 1 is 1.07 bits per heavy atom. The second-order valence-electron chi connectivity index (χ2n) is 6.58. The van der Waals surface area contributed by atoms with Crippen LogP contribution >= 0.6 is 11.6 Å². The van der Waals surface area contributed by atoms with Crippen molar-refractivity contribution in [2.45, 2.75) is 6.54 Å². The lowest BCUT2D eigenvalue weighted by molar-refractivity contribution is 0.244. The highest BCUT2D eigenvalue weighted by molar-refractivity contribution is 6.30. The van der Waals surface area contributed by atoms with Crippen LogP contribution in [0.4, 0.5) is 11.5 Å². The Hall–Kier alpha value is -2.88. The lowest BCUT2D eigenvalue weighted by Crippen LogP contribution is -2.46. The van der Waals surface area contributed by atoms with Crippen LogP contribution in [0.3, 0.4) is 0 Å². The third kappa shape index (κ3) is 3.65. The van der Waals surface area contributed by atoms with Crippen molar-refractivity contribution in [3.8, 4) is 6.07 Å². The summed E-state index contributed by atoms with van der Waals surface area (Å²) in [6.07, 6.45) is 0. The maximum atomic E-state index is 9.34. The number of rotatable bonds is 3. The van der Waals surface area contributed by atoms with Crippen molar-refractivity contribution in [1.82, 2.24) is 14.9 Å². The molecule has 1 aromatic heterocycles. The number of fused-ring (bicyclic) bond motifs is 1. The molecule has 0 radical (unpaired) electrons. The van der Waals surface area contributed by atoms with Crippen LogP contribution in [0, 0.1) is 11.3 Å². The van der Waals surface area contributed by atoms with Gasteiger partial charge >= 0.3 is 0 Å². The van der Waals surface area contributed by atoms with Crippen LogP contribution in [0.2, 0.25) is 5.02 Å². The van der Waals surface area contributed by atoms with Crippen LogP contribution in [0.25, 0.3) is 10.9 Å². The van der Waals surface area contributed by atoms with E-state index in [-0.39, 0.29) is 0 Å². The van der Waals surface area contributed by atoms with Crippen molar-refractivity contribution in [2.75, 3.05) is 36.8 Å². The van der Waals surface area contributed by atoms with Crippen molar-refractivity contribution in [1.29, 1.82) is 5.26 Å². The van der Waals surface area contributed by atoms with Crippen LogP contribution in [-0.4, -0.2) is 41.0 Å². The first-order valence-corrected chi connectivity index (χ1v) is 9.20. The lowest BCUT2D eigenvalue weighted by atomic mass is 10.1. The Labute approximate surface area is 162 Å². The number of halogens is 1. The summed E-state index contributed by atoms with van der Waals surface area (Å²) in [6, 6.07) is 15.4. The van der Waals surface area contributed by atoms with E-state index in [4.69, 9.17) is 17.3 Å². The predicted molar refractivity (Wildman–Crippen MR) is 108 cm³/mol. The number of nitriles is 1. The van der Waals surface area contributed by atoms with E-state index >= 15 is 0 Å². The number of nitrogens with two attached hydrogens (primary N) is 1. The van der Waals surface area contributed by atoms with Gasteiger partial charge in [0.2, 0.25) is 0 Å². The van der Waals surface area contributed by atoms with Crippen LogP contribution in [0.5, 0.6) is 0 Å². The minimum absolute atomic E-state index is 0.520. The van der Waals surface area contributed by atoms with Crippen molar-refractivity contribution in [2.24, 2.45) is 0 Å². The molecule has 7 heteroatoms. The maximum Gasteiger partial charge on any atom is 0.145 e. The summed E-state index contributed by atoms with van der Waals surface area (Å²) < 4.78 is 0. The maximum absolute atomic E-state index is 9.34. The molecule has 27 heavy (non-hydrogen) atoms. The van der Waals surface area contributed by atoms with Crippen LogP contribution in [-0.2, 0) is 6.54 Å². The van der Waals surface area contributed by atoms with Gasteiger partial charge in [-0.05, 0) is 30.3 Å². The number of piperazine rings is 1. The van der Waals surface area contributed by atoms with Gasteiger partial charge in [-0.2, -0.15) is 5.26 Å². The molecular weight excluding hydrogens is 360 g/mol. The summed E-state index contributed by atoms with van der Waals surface area (Å²) in [5.41, 5.74) is 8.51. The molecule has 0 unspecified atom stereocenters. The van der Waals surface area contributed by atoms with Gasteiger partial charge in [0.05, 0.1) is 23.3 Å². The molecule has 0 atom stereocenters. The Morgan fingerprint density at radius 3 is 2.63 bits per heavy atom. The number of hydrogen-bond donors (Lipinski definition) is 1. The highest BCUT2D eigenvalue weighted by Crippen LogP contribution is 2.26. The largest absolute Gasteiger partial charge is 0.383 e. The van der Waals surface area contributed by atoms with Crippen molar-refractivity contribution >= 4 is 34.0 Å². The average molecular weight is 379 g/mol. The Balaban J connectivity index is 1.46. The standard InChI is InChI=1S/C20H19ClN6/c21-15-6-5-14(12-22)18(11-15)27-9-7-26(8-10-27)13-19-24-17-4-2-1-3-16(17)20(23)25-19/h1-6,11H,7-10,13H2,(H2,23,24,25). The lowest BCUT2D eigenvalue weighted by Gasteiger charge is -2.36. The van der Waals surface area contributed by atoms with Gasteiger partial charge in [0, 0.05) is 36.6 Å². The summed E-state index contributed by atoms with van der Waals surface area (Å²) >= 11 is 6.12. The number of anilines is 2. The molecule has 1 aliphatic rings. The number of nitrogens with zero attached hydrogens (tertiary/aromatic N) is 5. The van der Waals surface area contributed by atoms with Gasteiger partial charge in [-0.1, -0.05) is 23.7 Å². The Morgan fingerprint density at radius 2 is 1.85 bits per heavy atom. The molecule has 6 nitrogen and oxygen atoms in total. The first kappa shape index (κ1) is 17.5. The molecule has 0 amide bonds. The molecule has 2 heterocycles. The van der Waals surface area contributed by atoms with E-state index in [2.05, 4.69) is 25.8 Å². The normalized spacial score (nSPS) is 15.0. The van der Waals surface area contributed by atoms with Gasteiger partial charge in [-0.25, -0.2) is 9.97 Å². The number of hydrogen-bond acceptors (Lipinski definition) is 6. The molecule has 2 N–H and O–H groups in total. The van der Waals surface area contributed by atoms with E-state index in [0.29, 0.717) is 22.9 Å². The SMILES string of the molecule is N#Cc1ccc(Cl)cc1N1CCN(Cc2nc(N)c3ccccc3n2)CC1. The second kappa shape index (κ2) is 7.39. The first-order chi connectivity index (χ1) is 13.1. The number of para-hydroxylation sites is 1. The number of nitrogen functional groups attached to an aromatic ring is 1.